The molecule has 0 spiro atoms. The highest BCUT2D eigenvalue weighted by atomic mass is 32.2. The Morgan fingerprint density at radius 1 is 0.943 bits per heavy atom. The third kappa shape index (κ3) is 5.86. The number of hydrogen-bond donors (Lipinski definition) is 1. The Labute approximate surface area is 204 Å². The van der Waals surface area contributed by atoms with Gasteiger partial charge in [-0.05, 0) is 53.9 Å². The number of carbonyl (C=O) groups excluding carboxylic acids is 2. The minimum absolute atomic E-state index is 0.0257. The number of likely N-dealkylation sites (tertiary alicyclic amines) is 1. The SMILES string of the molecule is O=C(CN(c1ccc(F)cc1)S(=O)(=O)c1ccccc1)NCc1ccccc1CN1CCCC1=O. The molecule has 3 aromatic carbocycles. The van der Waals surface area contributed by atoms with Gasteiger partial charge in [-0.15, -0.1) is 0 Å². The summed E-state index contributed by atoms with van der Waals surface area (Å²) in [7, 11) is -4.07. The Bertz CT molecular complexity index is 1300. The smallest absolute Gasteiger partial charge is 0.264 e. The summed E-state index contributed by atoms with van der Waals surface area (Å²) in [4.78, 5) is 26.7. The third-order valence-corrected chi connectivity index (χ3v) is 7.65. The Hall–Kier alpha value is -3.72. The van der Waals surface area contributed by atoms with E-state index >= 15 is 0 Å². The van der Waals surface area contributed by atoms with Gasteiger partial charge < -0.3 is 10.2 Å². The summed E-state index contributed by atoms with van der Waals surface area (Å²) >= 11 is 0. The maximum absolute atomic E-state index is 13.5. The molecule has 3 aromatic rings. The Balaban J connectivity index is 1.50. The van der Waals surface area contributed by atoms with Crippen LogP contribution >= 0.6 is 0 Å². The predicted octanol–water partition coefficient (Wildman–Crippen LogP) is 3.46. The average molecular weight is 496 g/mol. The molecule has 1 fully saturated rings. The zero-order valence-electron chi connectivity index (χ0n) is 19.1. The van der Waals surface area contributed by atoms with E-state index in [9.17, 15) is 22.4 Å². The van der Waals surface area contributed by atoms with E-state index < -0.39 is 28.3 Å². The largest absolute Gasteiger partial charge is 0.350 e. The van der Waals surface area contributed by atoms with Crippen molar-refractivity contribution in [2.45, 2.75) is 30.8 Å². The number of halogens is 1. The van der Waals surface area contributed by atoms with E-state index in [-0.39, 0.29) is 23.0 Å². The molecule has 1 aliphatic heterocycles. The van der Waals surface area contributed by atoms with Gasteiger partial charge in [0.25, 0.3) is 10.0 Å². The number of carbonyl (C=O) groups is 2. The Morgan fingerprint density at radius 2 is 1.60 bits per heavy atom. The van der Waals surface area contributed by atoms with Crippen molar-refractivity contribution >= 4 is 27.5 Å². The second kappa shape index (κ2) is 10.7. The minimum Gasteiger partial charge on any atom is -0.350 e. The molecule has 0 atom stereocenters. The van der Waals surface area contributed by atoms with Crippen LogP contribution in [0, 0.1) is 5.82 Å². The molecule has 1 saturated heterocycles. The van der Waals surface area contributed by atoms with Gasteiger partial charge in [0.1, 0.15) is 12.4 Å². The van der Waals surface area contributed by atoms with E-state index in [0.717, 1.165) is 34.0 Å². The van der Waals surface area contributed by atoms with Gasteiger partial charge in [-0.3, -0.25) is 13.9 Å². The number of nitrogens with zero attached hydrogens (tertiary/aromatic N) is 2. The number of hydrogen-bond acceptors (Lipinski definition) is 4. The van der Waals surface area contributed by atoms with Gasteiger partial charge in [-0.2, -0.15) is 0 Å². The van der Waals surface area contributed by atoms with Crippen molar-refractivity contribution in [2.75, 3.05) is 17.4 Å². The van der Waals surface area contributed by atoms with Crippen LogP contribution in [0.1, 0.15) is 24.0 Å². The van der Waals surface area contributed by atoms with E-state index in [4.69, 9.17) is 0 Å². The predicted molar refractivity (Wildman–Crippen MR) is 130 cm³/mol. The number of nitrogens with one attached hydrogen (secondary N) is 1. The minimum atomic E-state index is -4.07. The lowest BCUT2D eigenvalue weighted by molar-refractivity contribution is -0.128. The van der Waals surface area contributed by atoms with E-state index in [0.29, 0.717) is 19.5 Å². The summed E-state index contributed by atoms with van der Waals surface area (Å²) in [6.45, 7) is 0.883. The van der Waals surface area contributed by atoms with E-state index in [1.807, 2.05) is 24.3 Å². The fourth-order valence-electron chi connectivity index (χ4n) is 3.98. The molecule has 0 aromatic heterocycles. The van der Waals surface area contributed by atoms with Crippen molar-refractivity contribution in [1.82, 2.24) is 10.2 Å². The van der Waals surface area contributed by atoms with Gasteiger partial charge in [0, 0.05) is 26.1 Å². The van der Waals surface area contributed by atoms with Crippen molar-refractivity contribution in [3.8, 4) is 0 Å². The lowest BCUT2D eigenvalue weighted by atomic mass is 10.1. The van der Waals surface area contributed by atoms with Crippen molar-refractivity contribution in [3.05, 3.63) is 95.8 Å². The van der Waals surface area contributed by atoms with Crippen LogP contribution in [-0.4, -0.2) is 38.2 Å². The van der Waals surface area contributed by atoms with Gasteiger partial charge >= 0.3 is 0 Å². The van der Waals surface area contributed by atoms with Gasteiger partial charge in [0.15, 0.2) is 0 Å². The summed E-state index contributed by atoms with van der Waals surface area (Å²) in [6, 6.07) is 20.2. The molecule has 0 saturated carbocycles. The van der Waals surface area contributed by atoms with Crippen LogP contribution in [-0.2, 0) is 32.7 Å². The molecule has 2 amide bonds. The van der Waals surface area contributed by atoms with Crippen molar-refractivity contribution in [3.63, 3.8) is 0 Å². The lowest BCUT2D eigenvalue weighted by Gasteiger charge is -2.24. The second-order valence-corrected chi connectivity index (χ2v) is 10.1. The molecule has 4 rings (SSSR count). The zero-order chi connectivity index (χ0) is 24.8. The molecule has 0 radical (unpaired) electrons. The van der Waals surface area contributed by atoms with Gasteiger partial charge in [0.2, 0.25) is 11.8 Å². The molecular formula is C26H26FN3O4S. The molecule has 182 valence electrons. The first-order valence-corrected chi connectivity index (χ1v) is 12.7. The first kappa shape index (κ1) is 24.4. The molecule has 7 nitrogen and oxygen atoms in total. The summed E-state index contributed by atoms with van der Waals surface area (Å²) in [5.74, 6) is -0.908. The topological polar surface area (TPSA) is 86.8 Å². The fraction of sp³-hybridized carbons (Fsp3) is 0.231. The summed E-state index contributed by atoms with van der Waals surface area (Å²) in [5, 5.41) is 2.79. The molecule has 1 heterocycles. The van der Waals surface area contributed by atoms with E-state index in [1.165, 1.54) is 24.3 Å². The normalized spacial score (nSPS) is 13.6. The zero-order valence-corrected chi connectivity index (χ0v) is 19.9. The van der Waals surface area contributed by atoms with Crippen LogP contribution < -0.4 is 9.62 Å². The Kier molecular flexibility index (Phi) is 7.45. The lowest BCUT2D eigenvalue weighted by Crippen LogP contribution is -2.40. The van der Waals surface area contributed by atoms with E-state index in [1.54, 1.807) is 23.1 Å². The van der Waals surface area contributed by atoms with Gasteiger partial charge in [-0.25, -0.2) is 12.8 Å². The highest BCUT2D eigenvalue weighted by Crippen LogP contribution is 2.24. The quantitative estimate of drug-likeness (QED) is 0.493. The van der Waals surface area contributed by atoms with Crippen LogP contribution in [0.2, 0.25) is 0 Å². The van der Waals surface area contributed by atoms with Crippen LogP contribution in [0.3, 0.4) is 0 Å². The Morgan fingerprint density at radius 3 is 2.26 bits per heavy atom. The third-order valence-electron chi connectivity index (χ3n) is 5.86. The van der Waals surface area contributed by atoms with Crippen LogP contribution in [0.15, 0.2) is 83.8 Å². The average Bonchev–Trinajstić information content (AvgIpc) is 3.27. The van der Waals surface area contributed by atoms with Crippen LogP contribution in [0.4, 0.5) is 10.1 Å². The number of benzene rings is 3. The summed E-state index contributed by atoms with van der Waals surface area (Å²) in [5.41, 5.74) is 1.95. The highest BCUT2D eigenvalue weighted by Gasteiger charge is 2.27. The molecule has 1 aliphatic rings. The standard InChI is InChI=1S/C26H26FN3O4S/c27-22-12-14-23(15-13-22)30(35(33,34)24-9-2-1-3-10-24)19-25(31)28-17-20-7-4-5-8-21(20)18-29-16-6-11-26(29)32/h1-5,7-10,12-15H,6,11,16-19H2,(H,28,31). The van der Waals surface area contributed by atoms with Gasteiger partial charge in [0.05, 0.1) is 10.6 Å². The summed E-state index contributed by atoms with van der Waals surface area (Å²) < 4.78 is 41.1. The molecule has 0 bridgehead atoms. The molecule has 9 heteroatoms. The first-order valence-electron chi connectivity index (χ1n) is 11.3. The number of sulfonamides is 1. The molecular weight excluding hydrogens is 469 g/mol. The van der Waals surface area contributed by atoms with Crippen molar-refractivity contribution < 1.29 is 22.4 Å². The molecule has 1 N–H and O–H groups in total. The number of anilines is 1. The molecule has 0 aliphatic carbocycles. The summed E-state index contributed by atoms with van der Waals surface area (Å²) in [6.07, 6.45) is 1.39. The molecule has 0 unspecified atom stereocenters. The fourth-order valence-corrected chi connectivity index (χ4v) is 5.43. The van der Waals surface area contributed by atoms with Crippen molar-refractivity contribution in [1.29, 1.82) is 0 Å². The highest BCUT2D eigenvalue weighted by molar-refractivity contribution is 7.92. The maximum atomic E-state index is 13.5. The molecule has 35 heavy (non-hydrogen) atoms. The van der Waals surface area contributed by atoms with Crippen LogP contribution in [0.25, 0.3) is 0 Å². The number of amides is 2. The van der Waals surface area contributed by atoms with Gasteiger partial charge in [-0.1, -0.05) is 42.5 Å². The van der Waals surface area contributed by atoms with Crippen molar-refractivity contribution in [2.24, 2.45) is 0 Å². The maximum Gasteiger partial charge on any atom is 0.264 e. The second-order valence-electron chi connectivity index (χ2n) is 8.27. The number of rotatable bonds is 9. The monoisotopic (exact) mass is 495 g/mol. The first-order chi connectivity index (χ1) is 16.8. The van der Waals surface area contributed by atoms with E-state index in [2.05, 4.69) is 5.32 Å². The van der Waals surface area contributed by atoms with Crippen LogP contribution in [0.5, 0.6) is 0 Å².